The van der Waals surface area contributed by atoms with Crippen molar-refractivity contribution < 1.29 is 19.0 Å². The highest BCUT2D eigenvalue weighted by Gasteiger charge is 2.33. The molecular formula is C28H34Cl2N2O4. The maximum atomic E-state index is 13.4. The number of piperidine rings is 1. The molecule has 36 heavy (non-hydrogen) atoms. The van der Waals surface area contributed by atoms with Crippen molar-refractivity contribution >= 4 is 34.8 Å². The fraction of sp³-hybridized carbons (Fsp3) is 0.464. The van der Waals surface area contributed by atoms with Crippen molar-refractivity contribution in [3.05, 3.63) is 65.0 Å². The Bertz CT molecular complexity index is 1120. The average Bonchev–Trinajstić information content (AvgIpc) is 3.22. The van der Waals surface area contributed by atoms with Crippen molar-refractivity contribution in [2.45, 2.75) is 44.8 Å². The summed E-state index contributed by atoms with van der Waals surface area (Å²) in [6.45, 7) is 3.80. The standard InChI is InChI=1S/C28H34Cl2N2O4/c1-4-19-12-15-31(16-13-19)27(33)18-25-22-10-11-26(30)32(22)20(7-6-14-29)17-24(36-25)21-8-5-9-23(34-2)28(21)35-3/h5-11,17,19,24-25H,4,12-16,18H2,1-3H3/b7-6-. The van der Waals surface area contributed by atoms with E-state index in [0.29, 0.717) is 28.5 Å². The Labute approximate surface area is 223 Å². The van der Waals surface area contributed by atoms with Gasteiger partial charge in [0.1, 0.15) is 17.4 Å². The normalized spacial score (nSPS) is 20.7. The number of nitrogens with zero attached hydrogens (tertiary/aromatic N) is 2. The van der Waals surface area contributed by atoms with Gasteiger partial charge in [-0.2, -0.15) is 0 Å². The molecule has 0 N–H and O–H groups in total. The molecule has 2 unspecified atom stereocenters. The van der Waals surface area contributed by atoms with Gasteiger partial charge in [-0.3, -0.25) is 4.79 Å². The Morgan fingerprint density at radius 1 is 1.17 bits per heavy atom. The van der Waals surface area contributed by atoms with E-state index in [0.717, 1.165) is 49.3 Å². The van der Waals surface area contributed by atoms with Gasteiger partial charge in [0.05, 0.1) is 26.3 Å². The lowest BCUT2D eigenvalue weighted by atomic mass is 9.94. The summed E-state index contributed by atoms with van der Waals surface area (Å²) in [5, 5.41) is 0.540. The molecule has 1 aromatic carbocycles. The van der Waals surface area contributed by atoms with Crippen LogP contribution in [0, 0.1) is 5.92 Å². The number of likely N-dealkylation sites (tertiary alicyclic amines) is 1. The molecule has 1 amide bonds. The van der Waals surface area contributed by atoms with Gasteiger partial charge in [-0.25, -0.2) is 0 Å². The Balaban J connectivity index is 1.72. The van der Waals surface area contributed by atoms with Crippen molar-refractivity contribution in [2.75, 3.05) is 33.2 Å². The number of amides is 1. The molecule has 1 aromatic heterocycles. The van der Waals surface area contributed by atoms with Crippen LogP contribution in [0.3, 0.4) is 0 Å². The second-order valence-corrected chi connectivity index (χ2v) is 9.83. The summed E-state index contributed by atoms with van der Waals surface area (Å²) in [7, 11) is 3.21. The predicted octanol–water partition coefficient (Wildman–Crippen LogP) is 6.65. The Kier molecular flexibility index (Phi) is 9.04. The summed E-state index contributed by atoms with van der Waals surface area (Å²) >= 11 is 12.6. The third kappa shape index (κ3) is 5.61. The zero-order valence-electron chi connectivity index (χ0n) is 21.1. The average molecular weight is 533 g/mol. The van der Waals surface area contributed by atoms with Crippen molar-refractivity contribution in [2.24, 2.45) is 5.92 Å². The van der Waals surface area contributed by atoms with Crippen molar-refractivity contribution in [3.8, 4) is 11.5 Å². The molecule has 6 nitrogen and oxygen atoms in total. The third-order valence-electron chi connectivity index (χ3n) is 7.11. The summed E-state index contributed by atoms with van der Waals surface area (Å²) in [5.74, 6) is 2.35. The summed E-state index contributed by atoms with van der Waals surface area (Å²) in [6.07, 6.45) is 8.23. The molecular weight excluding hydrogens is 499 g/mol. The number of hydrogen-bond acceptors (Lipinski definition) is 4. The van der Waals surface area contributed by atoms with Crippen LogP contribution in [-0.2, 0) is 9.53 Å². The summed E-state index contributed by atoms with van der Waals surface area (Å²) in [6, 6.07) is 9.45. The van der Waals surface area contributed by atoms with Crippen molar-refractivity contribution in [1.82, 2.24) is 9.47 Å². The van der Waals surface area contributed by atoms with E-state index in [9.17, 15) is 4.79 Å². The van der Waals surface area contributed by atoms with Crippen LogP contribution in [-0.4, -0.2) is 48.6 Å². The number of carbonyl (C=O) groups excluding carboxylic acids is 1. The number of ether oxygens (including phenoxy) is 3. The van der Waals surface area contributed by atoms with Crippen LogP contribution in [0.25, 0.3) is 5.70 Å². The zero-order valence-corrected chi connectivity index (χ0v) is 22.6. The number of rotatable bonds is 8. The molecule has 0 radical (unpaired) electrons. The SMILES string of the molecule is CCC1CCN(C(=O)CC2OC(c3cccc(OC)c3OC)C=C(/C=C\CCl)n3c(Cl)ccc32)CC1. The lowest BCUT2D eigenvalue weighted by Crippen LogP contribution is -2.39. The third-order valence-corrected chi connectivity index (χ3v) is 7.58. The number of methoxy groups -OCH3 is 2. The van der Waals surface area contributed by atoms with Crippen LogP contribution in [0.2, 0.25) is 5.15 Å². The topological polar surface area (TPSA) is 52.9 Å². The maximum absolute atomic E-state index is 13.4. The van der Waals surface area contributed by atoms with E-state index in [2.05, 4.69) is 6.92 Å². The number of para-hydroxylation sites is 1. The molecule has 4 rings (SSSR count). The van der Waals surface area contributed by atoms with Crippen LogP contribution in [0.15, 0.2) is 48.6 Å². The molecule has 194 valence electrons. The number of hydrogen-bond donors (Lipinski definition) is 0. The lowest BCUT2D eigenvalue weighted by molar-refractivity contribution is -0.136. The smallest absolute Gasteiger partial charge is 0.225 e. The first-order chi connectivity index (χ1) is 17.5. The number of alkyl halides is 1. The van der Waals surface area contributed by atoms with Gasteiger partial charge in [-0.05, 0) is 49.1 Å². The van der Waals surface area contributed by atoms with Crippen LogP contribution in [0.5, 0.6) is 11.5 Å². The molecule has 1 saturated heterocycles. The fourth-order valence-corrected chi connectivity index (χ4v) is 5.44. The minimum Gasteiger partial charge on any atom is -0.493 e. The van der Waals surface area contributed by atoms with Gasteiger partial charge < -0.3 is 23.7 Å². The van der Waals surface area contributed by atoms with Gasteiger partial charge in [0.15, 0.2) is 11.5 Å². The number of carbonyl (C=O) groups is 1. The first kappa shape index (κ1) is 26.6. The Hall–Kier alpha value is -2.41. The molecule has 0 spiro atoms. The highest BCUT2D eigenvalue weighted by molar-refractivity contribution is 6.30. The summed E-state index contributed by atoms with van der Waals surface area (Å²) in [4.78, 5) is 15.4. The summed E-state index contributed by atoms with van der Waals surface area (Å²) < 4.78 is 19.9. The Morgan fingerprint density at radius 3 is 2.61 bits per heavy atom. The van der Waals surface area contributed by atoms with Gasteiger partial charge in [0.25, 0.3) is 0 Å². The minimum absolute atomic E-state index is 0.0922. The molecule has 0 saturated carbocycles. The fourth-order valence-electron chi connectivity index (χ4n) is 5.09. The van der Waals surface area contributed by atoms with Gasteiger partial charge >= 0.3 is 0 Å². The first-order valence-electron chi connectivity index (χ1n) is 12.5. The van der Waals surface area contributed by atoms with E-state index in [1.165, 1.54) is 0 Å². The lowest BCUT2D eigenvalue weighted by Gasteiger charge is -2.33. The first-order valence-corrected chi connectivity index (χ1v) is 13.4. The maximum Gasteiger partial charge on any atom is 0.225 e. The van der Waals surface area contributed by atoms with Crippen LogP contribution in [0.4, 0.5) is 0 Å². The largest absolute Gasteiger partial charge is 0.493 e. The van der Waals surface area contributed by atoms with Gasteiger partial charge in [-0.1, -0.05) is 43.2 Å². The molecule has 3 heterocycles. The van der Waals surface area contributed by atoms with Crippen LogP contribution >= 0.6 is 23.2 Å². The molecule has 2 aliphatic heterocycles. The monoisotopic (exact) mass is 532 g/mol. The number of fused-ring (bicyclic) bond motifs is 1. The highest BCUT2D eigenvalue weighted by atomic mass is 35.5. The number of halogens is 2. The van der Waals surface area contributed by atoms with Gasteiger partial charge in [-0.15, -0.1) is 11.6 Å². The van der Waals surface area contributed by atoms with E-state index in [1.807, 2.05) is 58.0 Å². The predicted molar refractivity (Wildman–Crippen MR) is 144 cm³/mol. The number of aromatic nitrogens is 1. The van der Waals surface area contributed by atoms with E-state index >= 15 is 0 Å². The second-order valence-electron chi connectivity index (χ2n) is 9.13. The molecule has 2 aromatic rings. The van der Waals surface area contributed by atoms with Gasteiger partial charge in [0, 0.05) is 30.2 Å². The number of allylic oxidation sites excluding steroid dienone is 3. The highest BCUT2D eigenvalue weighted by Crippen LogP contribution is 2.43. The van der Waals surface area contributed by atoms with E-state index in [1.54, 1.807) is 14.2 Å². The summed E-state index contributed by atoms with van der Waals surface area (Å²) in [5.41, 5.74) is 2.44. The van der Waals surface area contributed by atoms with Crippen LogP contribution < -0.4 is 9.47 Å². The van der Waals surface area contributed by atoms with E-state index in [4.69, 9.17) is 37.4 Å². The molecule has 1 fully saturated rings. The van der Waals surface area contributed by atoms with E-state index < -0.39 is 12.2 Å². The molecule has 0 aliphatic carbocycles. The second kappa shape index (κ2) is 12.2. The zero-order chi connectivity index (χ0) is 25.7. The molecule has 0 bridgehead atoms. The Morgan fingerprint density at radius 2 is 1.94 bits per heavy atom. The quantitative estimate of drug-likeness (QED) is 0.357. The van der Waals surface area contributed by atoms with Crippen molar-refractivity contribution in [1.29, 1.82) is 0 Å². The minimum atomic E-state index is -0.510. The van der Waals surface area contributed by atoms with Gasteiger partial charge in [0.2, 0.25) is 5.91 Å². The number of benzene rings is 1. The van der Waals surface area contributed by atoms with Crippen molar-refractivity contribution in [3.63, 3.8) is 0 Å². The molecule has 8 heteroatoms. The molecule has 2 aliphatic rings. The van der Waals surface area contributed by atoms with Crippen LogP contribution in [0.1, 0.15) is 56.1 Å². The molecule has 2 atom stereocenters. The van der Waals surface area contributed by atoms with E-state index in [-0.39, 0.29) is 12.3 Å².